The number of aryl methyl sites for hydroxylation is 3. The zero-order valence-corrected chi connectivity index (χ0v) is 19.5. The van der Waals surface area contributed by atoms with Crippen molar-refractivity contribution < 1.29 is 28.6 Å². The topological polar surface area (TPSA) is 72.8 Å². The van der Waals surface area contributed by atoms with E-state index in [0.717, 1.165) is 11.1 Å². The molecule has 172 valence electrons. The first kappa shape index (κ1) is 23.2. The summed E-state index contributed by atoms with van der Waals surface area (Å²) in [6.07, 6.45) is 2.95. The number of benzene rings is 3. The molecule has 7 heteroatoms. The quantitative estimate of drug-likeness (QED) is 0.180. The summed E-state index contributed by atoms with van der Waals surface area (Å²) in [6.45, 7) is 5.63. The molecule has 0 unspecified atom stereocenters. The van der Waals surface area contributed by atoms with Crippen molar-refractivity contribution in [1.29, 1.82) is 0 Å². The molecule has 5 nitrogen and oxygen atoms in total. The van der Waals surface area contributed by atoms with Gasteiger partial charge >= 0.3 is 0 Å². The van der Waals surface area contributed by atoms with Crippen LogP contribution >= 0.6 is 11.3 Å². The van der Waals surface area contributed by atoms with Crippen molar-refractivity contribution in [3.63, 3.8) is 0 Å². The van der Waals surface area contributed by atoms with E-state index in [1.54, 1.807) is 38.1 Å². The molecule has 0 bridgehead atoms. The summed E-state index contributed by atoms with van der Waals surface area (Å²) in [6, 6.07) is 12.9. The van der Waals surface area contributed by atoms with Crippen molar-refractivity contribution >= 4 is 39.8 Å². The van der Waals surface area contributed by atoms with Crippen molar-refractivity contribution in [1.82, 2.24) is 0 Å². The highest BCUT2D eigenvalue weighted by molar-refractivity contribution is 7.21. The molecule has 3 aromatic carbocycles. The van der Waals surface area contributed by atoms with Gasteiger partial charge in [-0.05, 0) is 91.6 Å². The summed E-state index contributed by atoms with van der Waals surface area (Å²) in [5, 5.41) is 10.6. The number of ether oxygens (including phenoxy) is 2. The molecule has 0 saturated heterocycles. The van der Waals surface area contributed by atoms with Crippen LogP contribution in [0.15, 0.2) is 54.8 Å². The predicted octanol–water partition coefficient (Wildman–Crippen LogP) is 6.84. The molecule has 1 N–H and O–H groups in total. The first-order valence-electron chi connectivity index (χ1n) is 10.4. The number of ketones is 1. The molecule has 1 heterocycles. The van der Waals surface area contributed by atoms with Crippen LogP contribution in [-0.2, 0) is 9.53 Å². The molecule has 0 aliphatic rings. The van der Waals surface area contributed by atoms with E-state index in [1.165, 1.54) is 35.8 Å². The summed E-state index contributed by atoms with van der Waals surface area (Å²) in [5.41, 5.74) is 3.21. The molecule has 0 amide bonds. The summed E-state index contributed by atoms with van der Waals surface area (Å²) < 4.78 is 25.4. The molecular weight excluding hydrogens is 455 g/mol. The first-order valence-corrected chi connectivity index (χ1v) is 11.2. The highest BCUT2D eigenvalue weighted by Crippen LogP contribution is 2.43. The molecule has 0 spiro atoms. The Hall–Kier alpha value is -3.97. The minimum Gasteiger partial charge on any atom is -0.508 e. The molecule has 1 aromatic heterocycles. The van der Waals surface area contributed by atoms with E-state index in [0.29, 0.717) is 49.6 Å². The smallest absolute Gasteiger partial charge is 0.297 e. The van der Waals surface area contributed by atoms with E-state index < -0.39 is 5.82 Å². The zero-order valence-electron chi connectivity index (χ0n) is 18.7. The van der Waals surface area contributed by atoms with Crippen LogP contribution in [0.2, 0.25) is 0 Å². The summed E-state index contributed by atoms with van der Waals surface area (Å²) in [5.74, 6) is 0.304. The number of phenols is 1. The fourth-order valence-corrected chi connectivity index (χ4v) is 4.97. The lowest BCUT2D eigenvalue weighted by Gasteiger charge is -2.12. The Balaban J connectivity index is 1.80. The lowest BCUT2D eigenvalue weighted by Crippen LogP contribution is -2.06. The highest BCUT2D eigenvalue weighted by atomic mass is 32.1. The SMILES string of the molecule is Cc1cc(Oc2c(C(=O)c3c(C)cc(F)cc3C)sc3cc(O)ccc23)ccc1/C=C/OC=O. The second kappa shape index (κ2) is 9.49. The van der Waals surface area contributed by atoms with E-state index in [4.69, 9.17) is 4.74 Å². The van der Waals surface area contributed by atoms with Crippen molar-refractivity contribution in [2.45, 2.75) is 20.8 Å². The number of thiophene rings is 1. The lowest BCUT2D eigenvalue weighted by atomic mass is 9.97. The largest absolute Gasteiger partial charge is 0.508 e. The molecule has 0 fully saturated rings. The number of rotatable bonds is 7. The zero-order chi connectivity index (χ0) is 24.4. The van der Waals surface area contributed by atoms with Gasteiger partial charge in [0.05, 0.1) is 6.26 Å². The molecule has 0 aliphatic heterocycles. The van der Waals surface area contributed by atoms with E-state index in [9.17, 15) is 19.1 Å². The molecule has 34 heavy (non-hydrogen) atoms. The standard InChI is InChI=1S/C27H21FO5S/c1-15-12-21(6-4-18(15)8-9-32-14-29)33-26-22-7-5-20(30)13-23(22)34-27(26)25(31)24-16(2)10-19(28)11-17(24)3/h4-14,30H,1-3H3/b9-8+. The monoisotopic (exact) mass is 476 g/mol. The molecule has 0 atom stereocenters. The van der Waals surface area contributed by atoms with Gasteiger partial charge in [0.15, 0.2) is 5.75 Å². The van der Waals surface area contributed by atoms with E-state index >= 15 is 0 Å². The fourth-order valence-electron chi connectivity index (χ4n) is 3.86. The Bertz CT molecular complexity index is 1430. The Morgan fingerprint density at radius 3 is 2.41 bits per heavy atom. The Morgan fingerprint density at radius 1 is 1.00 bits per heavy atom. The number of aromatic hydroxyl groups is 1. The van der Waals surface area contributed by atoms with E-state index in [1.807, 2.05) is 19.1 Å². The van der Waals surface area contributed by atoms with Crippen LogP contribution in [0.25, 0.3) is 16.2 Å². The van der Waals surface area contributed by atoms with Crippen molar-refractivity contribution in [3.8, 4) is 17.2 Å². The lowest BCUT2D eigenvalue weighted by molar-refractivity contribution is -0.123. The van der Waals surface area contributed by atoms with Crippen LogP contribution in [0.1, 0.15) is 37.5 Å². The third-order valence-electron chi connectivity index (χ3n) is 5.40. The molecule has 0 saturated carbocycles. The number of halogens is 1. The molecular formula is C27H21FO5S. The van der Waals surface area contributed by atoms with Crippen LogP contribution in [0.5, 0.6) is 17.2 Å². The highest BCUT2D eigenvalue weighted by Gasteiger charge is 2.25. The maximum Gasteiger partial charge on any atom is 0.297 e. The van der Waals surface area contributed by atoms with E-state index in [2.05, 4.69) is 4.74 Å². The van der Waals surface area contributed by atoms with E-state index in [-0.39, 0.29) is 11.5 Å². The molecule has 0 radical (unpaired) electrons. The number of carbonyl (C=O) groups is 2. The predicted molar refractivity (Wildman–Crippen MR) is 130 cm³/mol. The minimum absolute atomic E-state index is 0.0815. The van der Waals surface area contributed by atoms with Gasteiger partial charge in [0.25, 0.3) is 6.47 Å². The molecule has 4 rings (SSSR count). The van der Waals surface area contributed by atoms with Gasteiger partial charge in [0.2, 0.25) is 5.78 Å². The van der Waals surface area contributed by atoms with Gasteiger partial charge in [-0.15, -0.1) is 11.3 Å². The number of fused-ring (bicyclic) bond motifs is 1. The Labute approximate surface area is 199 Å². The van der Waals surface area contributed by atoms with Crippen LogP contribution in [0.3, 0.4) is 0 Å². The summed E-state index contributed by atoms with van der Waals surface area (Å²) in [7, 11) is 0. The number of hydrogen-bond acceptors (Lipinski definition) is 6. The number of hydrogen-bond donors (Lipinski definition) is 1. The van der Waals surface area contributed by atoms with Gasteiger partial charge in [-0.3, -0.25) is 9.59 Å². The van der Waals surface area contributed by atoms with Crippen LogP contribution in [0, 0.1) is 26.6 Å². The second-order valence-electron chi connectivity index (χ2n) is 7.84. The van der Waals surface area contributed by atoms with Crippen molar-refractivity contribution in [3.05, 3.63) is 93.3 Å². The third kappa shape index (κ3) is 4.56. The van der Waals surface area contributed by atoms with Gasteiger partial charge in [-0.25, -0.2) is 4.39 Å². The molecule has 0 aliphatic carbocycles. The van der Waals surface area contributed by atoms with Crippen LogP contribution in [0.4, 0.5) is 4.39 Å². The van der Waals surface area contributed by atoms with Gasteiger partial charge in [-0.1, -0.05) is 6.07 Å². The number of carbonyl (C=O) groups excluding carboxylic acids is 2. The molecule has 4 aromatic rings. The minimum atomic E-state index is -0.396. The van der Waals surface area contributed by atoms with Crippen molar-refractivity contribution in [2.75, 3.05) is 0 Å². The van der Waals surface area contributed by atoms with Gasteiger partial charge in [0.1, 0.15) is 22.2 Å². The van der Waals surface area contributed by atoms with Crippen LogP contribution < -0.4 is 4.74 Å². The van der Waals surface area contributed by atoms with Crippen LogP contribution in [-0.4, -0.2) is 17.4 Å². The van der Waals surface area contributed by atoms with Gasteiger partial charge in [0, 0.05) is 15.6 Å². The van der Waals surface area contributed by atoms with Gasteiger partial charge < -0.3 is 14.6 Å². The Kier molecular flexibility index (Phi) is 6.47. The second-order valence-corrected chi connectivity index (χ2v) is 8.89. The maximum atomic E-state index is 13.8. The average Bonchev–Trinajstić information content (AvgIpc) is 3.12. The Morgan fingerprint density at radius 2 is 1.74 bits per heavy atom. The third-order valence-corrected chi connectivity index (χ3v) is 6.53. The van der Waals surface area contributed by atoms with Gasteiger partial charge in [-0.2, -0.15) is 0 Å². The summed E-state index contributed by atoms with van der Waals surface area (Å²) >= 11 is 1.21. The van der Waals surface area contributed by atoms with Crippen molar-refractivity contribution in [2.24, 2.45) is 0 Å². The normalized spacial score (nSPS) is 11.2. The summed E-state index contributed by atoms with van der Waals surface area (Å²) in [4.78, 5) is 24.3. The maximum absolute atomic E-state index is 13.8. The first-order chi connectivity index (χ1) is 16.3. The number of phenolic OH excluding ortho intramolecular Hbond substituents is 1. The average molecular weight is 477 g/mol. The fraction of sp³-hybridized carbons (Fsp3) is 0.111.